The molecule has 6 atom stereocenters. The second kappa shape index (κ2) is 20.7. The van der Waals surface area contributed by atoms with E-state index in [2.05, 4.69) is 43.0 Å². The lowest BCUT2D eigenvalue weighted by atomic mass is 9.55. The van der Waals surface area contributed by atoms with Crippen LogP contribution in [0.5, 0.6) is 23.0 Å². The van der Waals surface area contributed by atoms with Crippen molar-refractivity contribution in [1.29, 1.82) is 0 Å². The fourth-order valence-corrected chi connectivity index (χ4v) is 10.2. The molecule has 10 heteroatoms. The highest BCUT2D eigenvalue weighted by atomic mass is 16.7. The summed E-state index contributed by atoms with van der Waals surface area (Å²) in [5.74, 6) is 0.826. The molecule has 1 aliphatic heterocycles. The first kappa shape index (κ1) is 44.7. The van der Waals surface area contributed by atoms with Gasteiger partial charge in [0.1, 0.15) is 35.6 Å². The number of allylic oxidation sites excluding steroid dienone is 1. The number of carbonyl (C=O) groups excluding carboxylic acids is 1. The number of aliphatic hydroxyl groups excluding tert-OH is 2. The van der Waals surface area contributed by atoms with Gasteiger partial charge in [-0.25, -0.2) is 0 Å². The first-order valence-electron chi connectivity index (χ1n) is 22.6. The highest BCUT2D eigenvalue weighted by Gasteiger charge is 2.65. The second-order valence-corrected chi connectivity index (χ2v) is 17.2. The number of fused-ring (bicyclic) bond motifs is 3. The van der Waals surface area contributed by atoms with Gasteiger partial charge in [0.2, 0.25) is 11.7 Å². The van der Waals surface area contributed by atoms with E-state index in [1.54, 1.807) is 18.1 Å². The van der Waals surface area contributed by atoms with Gasteiger partial charge in [-0.2, -0.15) is 0 Å². The van der Waals surface area contributed by atoms with Crippen LogP contribution < -0.4 is 14.2 Å². The minimum Gasteiger partial charge on any atom is -0.497 e. The lowest BCUT2D eigenvalue weighted by molar-refractivity contribution is -0.255. The van der Waals surface area contributed by atoms with Crippen LogP contribution in [0.15, 0.2) is 145 Å². The van der Waals surface area contributed by atoms with Gasteiger partial charge in [0.25, 0.3) is 0 Å². The number of carbonyl (C=O) groups is 1. The molecule has 10 nitrogen and oxygen atoms in total. The van der Waals surface area contributed by atoms with Crippen molar-refractivity contribution in [3.8, 4) is 23.0 Å². The predicted molar refractivity (Wildman–Crippen MR) is 250 cm³/mol. The van der Waals surface area contributed by atoms with Gasteiger partial charge in [0.05, 0.1) is 31.8 Å². The van der Waals surface area contributed by atoms with E-state index in [0.717, 1.165) is 70.2 Å². The topological polar surface area (TPSA) is 119 Å². The Morgan fingerprint density at radius 1 is 0.844 bits per heavy atom. The fourth-order valence-electron chi connectivity index (χ4n) is 10.2. The second-order valence-electron chi connectivity index (χ2n) is 17.2. The maximum Gasteiger partial charge on any atom is 0.239 e. The van der Waals surface area contributed by atoms with Crippen LogP contribution in [0.1, 0.15) is 67.6 Å². The summed E-state index contributed by atoms with van der Waals surface area (Å²) < 4.78 is 26.6. The third-order valence-electron chi connectivity index (χ3n) is 13.2. The van der Waals surface area contributed by atoms with E-state index in [1.807, 2.05) is 92.0 Å². The molecule has 0 spiro atoms. The smallest absolute Gasteiger partial charge is 0.239 e. The summed E-state index contributed by atoms with van der Waals surface area (Å²) in [6.07, 6.45) is 9.22. The van der Waals surface area contributed by atoms with Gasteiger partial charge in [-0.3, -0.25) is 4.79 Å². The lowest BCUT2D eigenvalue weighted by Gasteiger charge is -2.59. The molecular weight excluding hydrogens is 805 g/mol. The highest BCUT2D eigenvalue weighted by molar-refractivity contribution is 6.03. The standard InChI is InChI=1S/C54H60N2O8/c1-4-29-61-54-50(56(2)51(59)31-38-17-14-21-42(30-38)60-3)35-48(55-62-36-37-15-6-5-7-16-37)46-33-41(20-10-12-27-57)45(22-11-13-28-58)52(53(46)54)47-34-44(25-26-49(47)64-54)63-43-24-23-39-18-8-9-19-40(39)32-43/h4-9,14-19,21,23-26,30,32-34,41,45,50,52-53,57-58H,1,10-13,20,22,27-29,31,35-36H2,2-3H3/t41-,45+,50-,52+,53+,54+/m0/s1. The van der Waals surface area contributed by atoms with E-state index in [1.165, 1.54) is 0 Å². The van der Waals surface area contributed by atoms with E-state index < -0.39 is 17.7 Å². The Bertz CT molecular complexity index is 2450. The number of nitrogens with zero attached hydrogens (tertiary/aromatic N) is 2. The maximum absolute atomic E-state index is 14.6. The molecule has 3 aliphatic rings. The third-order valence-corrected chi connectivity index (χ3v) is 13.2. The molecule has 2 N–H and O–H groups in total. The Morgan fingerprint density at radius 3 is 2.36 bits per heavy atom. The number of oxime groups is 1. The van der Waals surface area contributed by atoms with Crippen LogP contribution in [0, 0.1) is 17.8 Å². The van der Waals surface area contributed by atoms with Crippen molar-refractivity contribution in [2.75, 3.05) is 34.0 Å². The monoisotopic (exact) mass is 864 g/mol. The van der Waals surface area contributed by atoms with Crippen LogP contribution in [0.3, 0.4) is 0 Å². The molecule has 1 amide bonds. The minimum absolute atomic E-state index is 0.0762. The summed E-state index contributed by atoms with van der Waals surface area (Å²) in [7, 11) is 3.45. The summed E-state index contributed by atoms with van der Waals surface area (Å²) in [6.45, 7) is 4.73. The molecule has 1 saturated carbocycles. The van der Waals surface area contributed by atoms with Crippen molar-refractivity contribution in [1.82, 2.24) is 4.90 Å². The van der Waals surface area contributed by atoms with Crippen molar-refractivity contribution < 1.29 is 38.8 Å². The maximum atomic E-state index is 14.6. The number of rotatable bonds is 20. The molecule has 8 rings (SSSR count). The van der Waals surface area contributed by atoms with Crippen molar-refractivity contribution in [3.05, 3.63) is 156 Å². The normalized spacial score (nSPS) is 22.7. The molecule has 1 heterocycles. The Balaban J connectivity index is 1.28. The summed E-state index contributed by atoms with van der Waals surface area (Å²) >= 11 is 0. The number of ether oxygens (including phenoxy) is 4. The van der Waals surface area contributed by atoms with E-state index in [0.29, 0.717) is 36.5 Å². The zero-order valence-corrected chi connectivity index (χ0v) is 36.9. The van der Waals surface area contributed by atoms with Crippen molar-refractivity contribution in [3.63, 3.8) is 0 Å². The summed E-state index contributed by atoms with van der Waals surface area (Å²) in [4.78, 5) is 22.7. The average Bonchev–Trinajstić information content (AvgIpc) is 3.32. The highest BCUT2D eigenvalue weighted by Crippen LogP contribution is 2.62. The van der Waals surface area contributed by atoms with Gasteiger partial charge in [-0.05, 0) is 107 Å². The molecule has 0 bridgehead atoms. The van der Waals surface area contributed by atoms with Crippen LogP contribution in [0.25, 0.3) is 10.8 Å². The number of unbranched alkanes of at least 4 members (excludes halogenated alkanes) is 2. The largest absolute Gasteiger partial charge is 0.497 e. The molecule has 0 radical (unpaired) electrons. The number of amides is 1. The van der Waals surface area contributed by atoms with E-state index in [-0.39, 0.29) is 56.5 Å². The Kier molecular flexibility index (Phi) is 14.4. The van der Waals surface area contributed by atoms with Crippen LogP contribution in [-0.4, -0.2) is 72.5 Å². The molecule has 0 aromatic heterocycles. The molecule has 64 heavy (non-hydrogen) atoms. The summed E-state index contributed by atoms with van der Waals surface area (Å²) in [5.41, 5.74) is 4.53. The molecule has 5 aromatic carbocycles. The Hall–Kier alpha value is -5.94. The van der Waals surface area contributed by atoms with Gasteiger partial charge < -0.3 is 38.9 Å². The van der Waals surface area contributed by atoms with Gasteiger partial charge in [-0.1, -0.05) is 103 Å². The van der Waals surface area contributed by atoms with Crippen molar-refractivity contribution in [2.45, 2.75) is 75.7 Å². The van der Waals surface area contributed by atoms with E-state index in [4.69, 9.17) is 28.9 Å². The zero-order chi connectivity index (χ0) is 44.5. The number of hydrogen-bond acceptors (Lipinski definition) is 9. The molecular formula is C54H60N2O8. The Labute approximate surface area is 376 Å². The van der Waals surface area contributed by atoms with Crippen LogP contribution in [-0.2, 0) is 27.4 Å². The first-order valence-corrected chi connectivity index (χ1v) is 22.6. The van der Waals surface area contributed by atoms with Crippen molar-refractivity contribution >= 4 is 22.4 Å². The molecule has 0 unspecified atom stereocenters. The van der Waals surface area contributed by atoms with E-state index >= 15 is 0 Å². The Morgan fingerprint density at radius 2 is 1.58 bits per heavy atom. The third kappa shape index (κ3) is 9.60. The SMILES string of the molecule is C=CCO[C@@]12Oc3ccc(Oc4ccc5ccccc5c4)cc3[C@H]3[C@H](CCCCO)[C@@H](CCCCO)C=C(C(=NOCc4ccccc4)C[C@@H]1N(C)C(=O)Cc1cccc(OC)c1)[C@H]32. The molecule has 0 saturated heterocycles. The van der Waals surface area contributed by atoms with Gasteiger partial charge in [0, 0.05) is 38.2 Å². The summed E-state index contributed by atoms with van der Waals surface area (Å²) in [5, 5.41) is 27.1. The number of benzene rings is 5. The molecule has 2 aliphatic carbocycles. The molecule has 334 valence electrons. The quantitative estimate of drug-likeness (QED) is 0.0451. The van der Waals surface area contributed by atoms with Gasteiger partial charge in [-0.15, -0.1) is 6.58 Å². The molecule has 5 aromatic rings. The summed E-state index contributed by atoms with van der Waals surface area (Å²) in [6, 6.07) is 37.3. The predicted octanol–water partition coefficient (Wildman–Crippen LogP) is 10.2. The number of methoxy groups -OCH3 is 1. The van der Waals surface area contributed by atoms with Crippen LogP contribution in [0.2, 0.25) is 0 Å². The van der Waals surface area contributed by atoms with E-state index in [9.17, 15) is 15.0 Å². The minimum atomic E-state index is -1.36. The lowest BCUT2D eigenvalue weighted by Crippen LogP contribution is -2.69. The fraction of sp³-hybridized carbons (Fsp3) is 0.370. The van der Waals surface area contributed by atoms with Crippen LogP contribution in [0.4, 0.5) is 0 Å². The number of aliphatic hydroxyl groups is 2. The molecule has 1 fully saturated rings. The first-order chi connectivity index (χ1) is 31.3. The zero-order valence-electron chi connectivity index (χ0n) is 36.9. The van der Waals surface area contributed by atoms with Gasteiger partial charge >= 0.3 is 0 Å². The number of likely N-dealkylation sites (N-methyl/N-ethyl adjacent to an activating group) is 1. The van der Waals surface area contributed by atoms with Crippen LogP contribution >= 0.6 is 0 Å². The average molecular weight is 865 g/mol. The van der Waals surface area contributed by atoms with Crippen molar-refractivity contribution in [2.24, 2.45) is 22.9 Å². The van der Waals surface area contributed by atoms with Gasteiger partial charge in [0.15, 0.2) is 0 Å². The number of hydrogen-bond donors (Lipinski definition) is 2.